The molecular formula is C11H15N8O2ReS-. The van der Waals surface area contributed by atoms with E-state index in [-0.39, 0.29) is 26.4 Å². The van der Waals surface area contributed by atoms with Gasteiger partial charge in [-0.15, -0.1) is 0 Å². The number of nitrogens with two attached hydrogens (primary N) is 1. The molecule has 4 N–H and O–H groups in total. The van der Waals surface area contributed by atoms with Gasteiger partial charge in [0.2, 0.25) is 0 Å². The van der Waals surface area contributed by atoms with Gasteiger partial charge in [-0.2, -0.15) is 13.1 Å². The number of hydrogen-bond acceptors (Lipinski definition) is 7. The van der Waals surface area contributed by atoms with Crippen LogP contribution in [0.5, 0.6) is 0 Å². The molecule has 2 aromatic heterocycles. The number of fused-ring (bicyclic) bond motifs is 1. The Morgan fingerprint density at radius 3 is 2.96 bits per heavy atom. The third-order valence-electron chi connectivity index (χ3n) is 4.09. The Morgan fingerprint density at radius 1 is 1.39 bits per heavy atom. The van der Waals surface area contributed by atoms with E-state index in [1.807, 2.05) is 4.90 Å². The largest absolute Gasteiger partial charge is 0.403 e. The van der Waals surface area contributed by atoms with E-state index in [9.17, 15) is 8.42 Å². The summed E-state index contributed by atoms with van der Waals surface area (Å²) < 4.78 is 28.6. The molecule has 1 atom stereocenters. The van der Waals surface area contributed by atoms with Gasteiger partial charge >= 0.3 is 0 Å². The van der Waals surface area contributed by atoms with Crippen molar-refractivity contribution in [3.8, 4) is 0 Å². The van der Waals surface area contributed by atoms with E-state index < -0.39 is 15.7 Å². The maximum absolute atomic E-state index is 11.7. The van der Waals surface area contributed by atoms with Gasteiger partial charge in [0.25, 0.3) is 10.2 Å². The van der Waals surface area contributed by atoms with Gasteiger partial charge in [-0.3, -0.25) is 5.10 Å². The Kier molecular flexibility index (Phi) is 4.06. The van der Waals surface area contributed by atoms with Crippen LogP contribution in [0.15, 0.2) is 6.20 Å². The van der Waals surface area contributed by atoms with E-state index in [1.165, 1.54) is 0 Å². The van der Waals surface area contributed by atoms with Crippen molar-refractivity contribution in [1.29, 1.82) is 0 Å². The second-order valence-corrected chi connectivity index (χ2v) is 7.22. The van der Waals surface area contributed by atoms with Crippen molar-refractivity contribution in [3.05, 3.63) is 6.20 Å². The SMILES string of the molecule is Nc1nc(N2CCCC3(CNS(=O)(=O)N3)C2)c2cn[n-]c2n1.[Re]. The van der Waals surface area contributed by atoms with Crippen LogP contribution in [0.1, 0.15) is 12.8 Å². The average Bonchev–Trinajstić information content (AvgIpc) is 3.02. The van der Waals surface area contributed by atoms with E-state index in [0.717, 1.165) is 24.8 Å². The Morgan fingerprint density at radius 2 is 2.22 bits per heavy atom. The molecule has 12 heteroatoms. The third-order valence-corrected chi connectivity index (χ3v) is 5.32. The maximum atomic E-state index is 11.7. The van der Waals surface area contributed by atoms with Crippen LogP contribution in [-0.2, 0) is 30.6 Å². The van der Waals surface area contributed by atoms with E-state index in [0.29, 0.717) is 24.6 Å². The minimum absolute atomic E-state index is 0. The van der Waals surface area contributed by atoms with Crippen LogP contribution in [0.2, 0.25) is 0 Å². The number of nitrogens with one attached hydrogen (secondary N) is 2. The van der Waals surface area contributed by atoms with Gasteiger partial charge in [-0.1, -0.05) is 0 Å². The van der Waals surface area contributed by atoms with Crippen LogP contribution < -0.4 is 25.2 Å². The zero-order valence-corrected chi connectivity index (χ0v) is 15.6. The fourth-order valence-corrected chi connectivity index (χ4v) is 4.51. The first kappa shape index (κ1) is 16.5. The molecular weight excluding hydrogens is 494 g/mol. The molecule has 23 heavy (non-hydrogen) atoms. The van der Waals surface area contributed by atoms with Crippen molar-refractivity contribution < 1.29 is 28.8 Å². The third kappa shape index (κ3) is 2.92. The fourth-order valence-electron chi connectivity index (χ4n) is 3.17. The Labute approximate surface area is 146 Å². The second kappa shape index (κ2) is 5.64. The molecule has 0 bridgehead atoms. The minimum atomic E-state index is -3.41. The molecule has 125 valence electrons. The predicted molar refractivity (Wildman–Crippen MR) is 79.3 cm³/mol. The van der Waals surface area contributed by atoms with E-state index in [1.54, 1.807) is 6.20 Å². The standard InChI is InChI=1S/C11H15N8O2S.Re/c12-10-15-8-7(4-13-17-8)9(16-10)19-3-1-2-11(6-19)5-14-22(20,21)18-11;/h4,14,18H,1-3,5-6H2,(H2-,12,13,15,16,17);/q-1;. The second-order valence-electron chi connectivity index (χ2n) is 5.72. The Bertz CT molecular complexity index is 840. The molecule has 1 spiro atoms. The number of hydrogen-bond donors (Lipinski definition) is 3. The van der Waals surface area contributed by atoms with Crippen LogP contribution in [0, 0.1) is 0 Å². The normalized spacial score (nSPS) is 26.5. The number of nitrogen functional groups attached to an aromatic ring is 1. The summed E-state index contributed by atoms with van der Waals surface area (Å²) in [7, 11) is -3.41. The minimum Gasteiger partial charge on any atom is -0.403 e. The quantitative estimate of drug-likeness (QED) is 0.415. The Balaban J connectivity index is 0.00000156. The molecule has 0 amide bonds. The summed E-state index contributed by atoms with van der Waals surface area (Å²) in [5.74, 6) is 0.783. The number of rotatable bonds is 1. The number of anilines is 2. The van der Waals surface area contributed by atoms with Gasteiger partial charge in [0.1, 0.15) is 11.8 Å². The van der Waals surface area contributed by atoms with Crippen molar-refractivity contribution in [3.63, 3.8) is 0 Å². The molecule has 0 saturated carbocycles. The molecule has 2 fully saturated rings. The molecule has 1 unspecified atom stereocenters. The summed E-state index contributed by atoms with van der Waals surface area (Å²) in [5, 5.41) is 8.49. The molecule has 0 aromatic carbocycles. The summed E-state index contributed by atoms with van der Waals surface area (Å²) in [6.45, 7) is 1.64. The topological polar surface area (TPSA) is 140 Å². The first-order valence-corrected chi connectivity index (χ1v) is 8.40. The average molecular weight is 510 g/mol. The van der Waals surface area contributed by atoms with Crippen LogP contribution >= 0.6 is 0 Å². The van der Waals surface area contributed by atoms with Crippen LogP contribution in [0.3, 0.4) is 0 Å². The van der Waals surface area contributed by atoms with E-state index in [2.05, 4.69) is 29.6 Å². The van der Waals surface area contributed by atoms with Gasteiger partial charge in [-0.05, 0) is 18.5 Å². The number of nitrogens with zero attached hydrogens (tertiary/aromatic N) is 5. The number of piperidine rings is 1. The Hall–Kier alpha value is -1.32. The predicted octanol–water partition coefficient (Wildman–Crippen LogP) is -1.66. The summed E-state index contributed by atoms with van der Waals surface area (Å²) in [4.78, 5) is 10.4. The van der Waals surface area contributed by atoms with Crippen LogP contribution in [0.25, 0.3) is 11.0 Å². The van der Waals surface area contributed by atoms with E-state index in [4.69, 9.17) is 5.73 Å². The first-order valence-electron chi connectivity index (χ1n) is 6.92. The van der Waals surface area contributed by atoms with Gasteiger partial charge in [0.15, 0.2) is 0 Å². The maximum Gasteiger partial charge on any atom is 0.277 e. The van der Waals surface area contributed by atoms with Gasteiger partial charge in [0.05, 0.1) is 5.54 Å². The summed E-state index contributed by atoms with van der Waals surface area (Å²) in [6.07, 6.45) is 3.22. The van der Waals surface area contributed by atoms with Crippen molar-refractivity contribution in [2.24, 2.45) is 0 Å². The molecule has 10 nitrogen and oxygen atoms in total. The van der Waals surface area contributed by atoms with Crippen LogP contribution in [-0.4, -0.2) is 48.7 Å². The van der Waals surface area contributed by atoms with Crippen molar-refractivity contribution in [2.45, 2.75) is 18.4 Å². The van der Waals surface area contributed by atoms with Crippen LogP contribution in [0.4, 0.5) is 11.8 Å². The molecule has 2 aromatic rings. The molecule has 1 radical (unpaired) electrons. The summed E-state index contributed by atoms with van der Waals surface area (Å²) >= 11 is 0. The van der Waals surface area contributed by atoms with Crippen molar-refractivity contribution >= 4 is 33.0 Å². The van der Waals surface area contributed by atoms with Crippen molar-refractivity contribution in [1.82, 2.24) is 29.6 Å². The molecule has 4 heterocycles. The number of aromatic nitrogens is 4. The molecule has 4 rings (SSSR count). The smallest absolute Gasteiger partial charge is 0.277 e. The van der Waals surface area contributed by atoms with Gasteiger partial charge in [0, 0.05) is 51.6 Å². The van der Waals surface area contributed by atoms with E-state index >= 15 is 0 Å². The first-order chi connectivity index (χ1) is 10.5. The van der Waals surface area contributed by atoms with Gasteiger partial charge in [-0.25, -0.2) is 9.71 Å². The molecule has 0 aliphatic carbocycles. The monoisotopic (exact) mass is 510 g/mol. The molecule has 2 aliphatic rings. The summed E-state index contributed by atoms with van der Waals surface area (Å²) in [6, 6.07) is 0. The zero-order chi connectivity index (χ0) is 15.4. The molecule has 2 saturated heterocycles. The zero-order valence-electron chi connectivity index (χ0n) is 12.0. The summed E-state index contributed by atoms with van der Waals surface area (Å²) in [5.41, 5.74) is 5.67. The molecule has 2 aliphatic heterocycles. The van der Waals surface area contributed by atoms with Crippen molar-refractivity contribution in [2.75, 3.05) is 30.3 Å². The fraction of sp³-hybridized carbons (Fsp3) is 0.545. The van der Waals surface area contributed by atoms with Gasteiger partial charge < -0.3 is 20.7 Å².